The number of aromatic amines is 1. The van der Waals surface area contributed by atoms with Crippen molar-refractivity contribution in [1.29, 1.82) is 0 Å². The molecule has 120 valence electrons. The Morgan fingerprint density at radius 2 is 2.00 bits per heavy atom. The number of nitrogen functional groups attached to an aromatic ring is 1. The fraction of sp³-hybridized carbons (Fsp3) is 0.167. The molecule has 0 aliphatic carbocycles. The largest absolute Gasteiger partial charge is 0.368 e. The van der Waals surface area contributed by atoms with Crippen molar-refractivity contribution in [2.75, 3.05) is 17.2 Å². The topological polar surface area (TPSA) is 83.7 Å². The van der Waals surface area contributed by atoms with Gasteiger partial charge in [0.15, 0.2) is 0 Å². The second-order valence-corrected chi connectivity index (χ2v) is 5.89. The third-order valence-electron chi connectivity index (χ3n) is 4.18. The molecular formula is C18H18N6. The molecule has 6 heteroatoms. The summed E-state index contributed by atoms with van der Waals surface area (Å²) in [6.07, 6.45) is 3.89. The van der Waals surface area contributed by atoms with Crippen LogP contribution >= 0.6 is 0 Å². The zero-order valence-electron chi connectivity index (χ0n) is 13.4. The first-order chi connectivity index (χ1) is 11.7. The van der Waals surface area contributed by atoms with Gasteiger partial charge in [-0.3, -0.25) is 5.10 Å². The van der Waals surface area contributed by atoms with E-state index in [-0.39, 0.29) is 0 Å². The van der Waals surface area contributed by atoms with Gasteiger partial charge in [-0.25, -0.2) is 4.98 Å². The van der Waals surface area contributed by atoms with Crippen molar-refractivity contribution >= 4 is 23.4 Å². The molecule has 4 rings (SSSR count). The molecular weight excluding hydrogens is 300 g/mol. The van der Waals surface area contributed by atoms with Crippen LogP contribution in [0.15, 0.2) is 42.6 Å². The predicted molar refractivity (Wildman–Crippen MR) is 95.1 cm³/mol. The molecule has 0 radical (unpaired) electrons. The van der Waals surface area contributed by atoms with E-state index < -0.39 is 0 Å². The minimum atomic E-state index is 0.308. The molecule has 3 aromatic rings. The average molecular weight is 318 g/mol. The van der Waals surface area contributed by atoms with Crippen LogP contribution in [0.25, 0.3) is 11.6 Å². The van der Waals surface area contributed by atoms with Gasteiger partial charge in [-0.05, 0) is 30.2 Å². The van der Waals surface area contributed by atoms with Crippen LogP contribution in [-0.2, 0) is 6.54 Å². The van der Waals surface area contributed by atoms with Crippen LogP contribution in [-0.4, -0.2) is 26.7 Å². The second kappa shape index (κ2) is 5.81. The normalized spacial score (nSPS) is 13.5. The van der Waals surface area contributed by atoms with E-state index in [1.54, 1.807) is 6.20 Å². The molecule has 0 spiro atoms. The number of nitrogens with one attached hydrogen (secondary N) is 1. The minimum absolute atomic E-state index is 0.308. The van der Waals surface area contributed by atoms with Gasteiger partial charge in [-0.15, -0.1) is 0 Å². The van der Waals surface area contributed by atoms with E-state index in [2.05, 4.69) is 43.3 Å². The number of aryl methyl sites for hydroxylation is 1. The summed E-state index contributed by atoms with van der Waals surface area (Å²) in [5.74, 6) is 1.19. The quantitative estimate of drug-likeness (QED) is 0.775. The smallest absolute Gasteiger partial charge is 0.222 e. The first-order valence-corrected chi connectivity index (χ1v) is 7.84. The molecule has 1 aliphatic heterocycles. The maximum atomic E-state index is 5.88. The summed E-state index contributed by atoms with van der Waals surface area (Å²) in [6, 6.07) is 12.3. The monoisotopic (exact) mass is 318 g/mol. The second-order valence-electron chi connectivity index (χ2n) is 5.89. The lowest BCUT2D eigenvalue weighted by Gasteiger charge is -2.30. The van der Waals surface area contributed by atoms with E-state index in [0.29, 0.717) is 5.95 Å². The van der Waals surface area contributed by atoms with Crippen molar-refractivity contribution < 1.29 is 0 Å². The van der Waals surface area contributed by atoms with Crippen LogP contribution in [0.3, 0.4) is 0 Å². The number of rotatable bonds is 3. The minimum Gasteiger partial charge on any atom is -0.368 e. The maximum Gasteiger partial charge on any atom is 0.222 e. The third-order valence-corrected chi connectivity index (χ3v) is 4.18. The number of benzene rings is 1. The van der Waals surface area contributed by atoms with Crippen LogP contribution < -0.4 is 10.6 Å². The Labute approximate surface area is 140 Å². The Kier molecular flexibility index (Phi) is 3.49. The molecule has 0 saturated heterocycles. The summed E-state index contributed by atoms with van der Waals surface area (Å²) in [5, 5.41) is 7.11. The van der Waals surface area contributed by atoms with E-state index >= 15 is 0 Å². The molecule has 3 N–H and O–H groups in total. The van der Waals surface area contributed by atoms with Gasteiger partial charge in [0, 0.05) is 24.8 Å². The van der Waals surface area contributed by atoms with Crippen molar-refractivity contribution in [3.8, 4) is 0 Å². The zero-order chi connectivity index (χ0) is 16.5. The SMILES string of the molecule is Cc1nc(N)nc2c1C=C(c1ccn[nH]1)CN2Cc1ccccc1. The lowest BCUT2D eigenvalue weighted by Crippen LogP contribution is -2.30. The fourth-order valence-corrected chi connectivity index (χ4v) is 3.03. The van der Waals surface area contributed by atoms with Gasteiger partial charge < -0.3 is 10.6 Å². The van der Waals surface area contributed by atoms with Crippen LogP contribution in [0.2, 0.25) is 0 Å². The van der Waals surface area contributed by atoms with Crippen molar-refractivity contribution in [2.24, 2.45) is 0 Å². The third kappa shape index (κ3) is 2.62. The highest BCUT2D eigenvalue weighted by atomic mass is 15.2. The lowest BCUT2D eigenvalue weighted by molar-refractivity contribution is 0.836. The number of nitrogens with zero attached hydrogens (tertiary/aromatic N) is 4. The summed E-state index contributed by atoms with van der Waals surface area (Å²) < 4.78 is 0. The number of hydrogen-bond donors (Lipinski definition) is 2. The predicted octanol–water partition coefficient (Wildman–Crippen LogP) is 2.65. The van der Waals surface area contributed by atoms with Crippen LogP contribution in [0, 0.1) is 6.92 Å². The van der Waals surface area contributed by atoms with Gasteiger partial charge in [0.2, 0.25) is 5.95 Å². The van der Waals surface area contributed by atoms with E-state index in [0.717, 1.165) is 41.4 Å². The first-order valence-electron chi connectivity index (χ1n) is 7.84. The van der Waals surface area contributed by atoms with E-state index in [9.17, 15) is 0 Å². The van der Waals surface area contributed by atoms with Gasteiger partial charge in [0.05, 0.1) is 11.4 Å². The fourth-order valence-electron chi connectivity index (χ4n) is 3.03. The summed E-state index contributed by atoms with van der Waals surface area (Å²) in [5.41, 5.74) is 11.2. The van der Waals surface area contributed by atoms with Crippen molar-refractivity contribution in [1.82, 2.24) is 20.2 Å². The maximum absolute atomic E-state index is 5.88. The van der Waals surface area contributed by atoms with Gasteiger partial charge >= 0.3 is 0 Å². The number of aromatic nitrogens is 4. The number of nitrogens with two attached hydrogens (primary N) is 1. The summed E-state index contributed by atoms with van der Waals surface area (Å²) >= 11 is 0. The highest BCUT2D eigenvalue weighted by molar-refractivity contribution is 5.89. The van der Waals surface area contributed by atoms with Gasteiger partial charge in [-0.1, -0.05) is 30.3 Å². The van der Waals surface area contributed by atoms with Gasteiger partial charge in [0.1, 0.15) is 5.82 Å². The van der Waals surface area contributed by atoms with E-state index in [4.69, 9.17) is 5.73 Å². The molecule has 0 fully saturated rings. The molecule has 0 unspecified atom stereocenters. The summed E-state index contributed by atoms with van der Waals surface area (Å²) in [6.45, 7) is 3.46. The molecule has 24 heavy (non-hydrogen) atoms. The molecule has 0 amide bonds. The standard InChI is InChI=1S/C18H18N6/c1-12-15-9-14(16-7-8-20-23-16)11-24(17(15)22-18(19)21-12)10-13-5-3-2-4-6-13/h2-9H,10-11H2,1H3,(H,20,23)(H2,19,21,22). The molecule has 1 aliphatic rings. The number of anilines is 2. The number of H-pyrrole nitrogens is 1. The number of fused-ring (bicyclic) bond motifs is 1. The molecule has 0 saturated carbocycles. The Balaban J connectivity index is 1.79. The molecule has 3 heterocycles. The Bertz CT molecular complexity index is 883. The van der Waals surface area contributed by atoms with E-state index in [1.807, 2.05) is 31.2 Å². The highest BCUT2D eigenvalue weighted by Crippen LogP contribution is 2.33. The molecule has 2 aromatic heterocycles. The first kappa shape index (κ1) is 14.4. The van der Waals surface area contributed by atoms with Gasteiger partial charge in [-0.2, -0.15) is 10.1 Å². The number of hydrogen-bond acceptors (Lipinski definition) is 5. The van der Waals surface area contributed by atoms with Crippen LogP contribution in [0.1, 0.15) is 22.5 Å². The van der Waals surface area contributed by atoms with Crippen molar-refractivity contribution in [2.45, 2.75) is 13.5 Å². The van der Waals surface area contributed by atoms with Crippen molar-refractivity contribution in [3.63, 3.8) is 0 Å². The molecule has 6 nitrogen and oxygen atoms in total. The molecule has 0 atom stereocenters. The molecule has 0 bridgehead atoms. The lowest BCUT2D eigenvalue weighted by atomic mass is 10.0. The highest BCUT2D eigenvalue weighted by Gasteiger charge is 2.23. The van der Waals surface area contributed by atoms with E-state index in [1.165, 1.54) is 5.56 Å². The summed E-state index contributed by atoms with van der Waals surface area (Å²) in [4.78, 5) is 11.0. The Morgan fingerprint density at radius 3 is 2.75 bits per heavy atom. The summed E-state index contributed by atoms with van der Waals surface area (Å²) in [7, 11) is 0. The van der Waals surface area contributed by atoms with Crippen LogP contribution in [0.5, 0.6) is 0 Å². The Hall–Kier alpha value is -3.15. The van der Waals surface area contributed by atoms with Gasteiger partial charge in [0.25, 0.3) is 0 Å². The Morgan fingerprint density at radius 1 is 1.17 bits per heavy atom. The molecule has 1 aromatic carbocycles. The van der Waals surface area contributed by atoms with Crippen molar-refractivity contribution in [3.05, 3.63) is 65.1 Å². The average Bonchev–Trinajstić information content (AvgIpc) is 3.11. The van der Waals surface area contributed by atoms with Crippen LogP contribution in [0.4, 0.5) is 11.8 Å². The zero-order valence-corrected chi connectivity index (χ0v) is 13.4.